The Kier molecular flexibility index (Phi) is 3.80. The Morgan fingerprint density at radius 3 is 2.12 bits per heavy atom. The summed E-state index contributed by atoms with van der Waals surface area (Å²) in [4.78, 5) is 14.5. The highest BCUT2D eigenvalue weighted by atomic mass is 32.1. The molecule has 0 bridgehead atoms. The summed E-state index contributed by atoms with van der Waals surface area (Å²) in [5.41, 5.74) is 0. The van der Waals surface area contributed by atoms with Crippen molar-refractivity contribution in [3.05, 3.63) is 16.6 Å². The molecule has 1 aromatic heterocycles. The fourth-order valence-electron chi connectivity index (χ4n) is 1.14. The lowest BCUT2D eigenvalue weighted by Crippen LogP contribution is -2.43. The molecule has 0 unspecified atom stereocenters. The van der Waals surface area contributed by atoms with Crippen LogP contribution in [0, 0.1) is 5.92 Å². The van der Waals surface area contributed by atoms with Crippen molar-refractivity contribution < 1.29 is 31.1 Å². The lowest BCUT2D eigenvalue weighted by Gasteiger charge is -2.21. The first-order chi connectivity index (χ1) is 7.62. The van der Waals surface area contributed by atoms with Crippen LogP contribution in [-0.2, 0) is 11.2 Å². The van der Waals surface area contributed by atoms with E-state index in [9.17, 15) is 31.1 Å². The summed E-state index contributed by atoms with van der Waals surface area (Å²) in [5.74, 6) is -5.89. The predicted molar refractivity (Wildman–Crippen MR) is 46.4 cm³/mol. The number of carbonyl (C=O) groups excluding carboxylic acids is 1. The van der Waals surface area contributed by atoms with Gasteiger partial charge >= 0.3 is 12.4 Å². The number of hydrogen-bond donors (Lipinski definition) is 0. The maximum Gasteiger partial charge on any atom is 0.407 e. The van der Waals surface area contributed by atoms with Crippen LogP contribution in [0.15, 0.2) is 11.6 Å². The molecule has 96 valence electrons. The molecule has 0 aliphatic rings. The van der Waals surface area contributed by atoms with E-state index in [1.807, 2.05) is 0 Å². The van der Waals surface area contributed by atoms with E-state index in [0.717, 1.165) is 11.3 Å². The second-order valence-corrected chi connectivity index (χ2v) is 4.06. The molecule has 0 atom stereocenters. The molecule has 17 heavy (non-hydrogen) atoms. The van der Waals surface area contributed by atoms with E-state index < -0.39 is 30.5 Å². The lowest BCUT2D eigenvalue weighted by molar-refractivity contribution is -0.273. The Morgan fingerprint density at radius 2 is 1.76 bits per heavy atom. The van der Waals surface area contributed by atoms with Gasteiger partial charge in [-0.05, 0) is 0 Å². The molecular weight excluding hydrogens is 272 g/mol. The van der Waals surface area contributed by atoms with Crippen LogP contribution in [-0.4, -0.2) is 23.1 Å². The summed E-state index contributed by atoms with van der Waals surface area (Å²) >= 11 is 0.823. The molecule has 1 aromatic rings. The van der Waals surface area contributed by atoms with Gasteiger partial charge in [0.1, 0.15) is 0 Å². The summed E-state index contributed by atoms with van der Waals surface area (Å²) in [6.45, 7) is 0. The van der Waals surface area contributed by atoms with Crippen LogP contribution in [0.2, 0.25) is 0 Å². The number of nitrogens with zero attached hydrogens (tertiary/aromatic N) is 1. The van der Waals surface area contributed by atoms with Crippen molar-refractivity contribution >= 4 is 17.1 Å². The van der Waals surface area contributed by atoms with E-state index in [-0.39, 0.29) is 5.01 Å². The van der Waals surface area contributed by atoms with Gasteiger partial charge < -0.3 is 0 Å². The number of carbonyl (C=O) groups is 1. The molecule has 0 amide bonds. The Morgan fingerprint density at radius 1 is 1.24 bits per heavy atom. The smallest absolute Gasteiger partial charge is 0.298 e. The number of Topliss-reactive ketones (excluding diaryl/α,β-unsaturated/α-hetero) is 1. The number of alkyl halides is 6. The van der Waals surface area contributed by atoms with Crippen molar-refractivity contribution in [1.29, 1.82) is 0 Å². The van der Waals surface area contributed by atoms with Crippen molar-refractivity contribution in [3.8, 4) is 0 Å². The quantitative estimate of drug-likeness (QED) is 0.795. The third-order valence-corrected chi connectivity index (χ3v) is 2.57. The Hall–Kier alpha value is -1.12. The molecule has 0 aliphatic carbocycles. The average Bonchev–Trinajstić information content (AvgIpc) is 2.49. The standard InChI is InChI=1S/C8H5F6NOS/c9-7(10,11)6(8(12,13)14)4(16)3-5-15-1-2-17-5/h1-2,6H,3H2. The fourth-order valence-corrected chi connectivity index (χ4v) is 1.77. The molecule has 2 nitrogen and oxygen atoms in total. The van der Waals surface area contributed by atoms with Crippen molar-refractivity contribution in [2.75, 3.05) is 0 Å². The number of hydrogen-bond acceptors (Lipinski definition) is 3. The molecule has 0 aliphatic heterocycles. The van der Waals surface area contributed by atoms with Crippen molar-refractivity contribution in [2.45, 2.75) is 18.8 Å². The van der Waals surface area contributed by atoms with E-state index in [1.54, 1.807) is 0 Å². The predicted octanol–water partition coefficient (Wildman–Crippen LogP) is 3.00. The highest BCUT2D eigenvalue weighted by Crippen LogP contribution is 2.40. The van der Waals surface area contributed by atoms with Gasteiger partial charge in [-0.2, -0.15) is 26.3 Å². The summed E-state index contributed by atoms with van der Waals surface area (Å²) in [5, 5.41) is 1.28. The molecule has 0 saturated heterocycles. The van der Waals surface area contributed by atoms with E-state index in [4.69, 9.17) is 0 Å². The fraction of sp³-hybridized carbons (Fsp3) is 0.500. The molecule has 0 spiro atoms. The third-order valence-electron chi connectivity index (χ3n) is 1.79. The van der Waals surface area contributed by atoms with Gasteiger partial charge in [0.2, 0.25) is 5.92 Å². The van der Waals surface area contributed by atoms with Gasteiger partial charge in [0.25, 0.3) is 0 Å². The average molecular weight is 277 g/mol. The summed E-state index contributed by atoms with van der Waals surface area (Å²) in [7, 11) is 0. The number of halogens is 6. The molecule has 0 aromatic carbocycles. The van der Waals surface area contributed by atoms with Gasteiger partial charge in [-0.15, -0.1) is 11.3 Å². The maximum absolute atomic E-state index is 12.1. The van der Waals surface area contributed by atoms with Gasteiger partial charge in [-0.25, -0.2) is 4.98 Å². The molecule has 0 saturated carbocycles. The zero-order valence-electron chi connectivity index (χ0n) is 7.97. The SMILES string of the molecule is O=C(Cc1nccs1)C(C(F)(F)F)C(F)(F)F. The van der Waals surface area contributed by atoms with Gasteiger partial charge in [0.05, 0.1) is 11.4 Å². The highest BCUT2D eigenvalue weighted by Gasteiger charge is 2.60. The van der Waals surface area contributed by atoms with Crippen molar-refractivity contribution in [2.24, 2.45) is 5.92 Å². The zero-order chi connectivity index (χ0) is 13.3. The first-order valence-corrected chi connectivity index (χ1v) is 5.05. The summed E-state index contributed by atoms with van der Waals surface area (Å²) < 4.78 is 72.8. The number of ketones is 1. The molecular formula is C8H5F6NOS. The Bertz CT molecular complexity index is 368. The third kappa shape index (κ3) is 3.69. The Labute approximate surface area is 95.3 Å². The van der Waals surface area contributed by atoms with Gasteiger partial charge in [-0.3, -0.25) is 4.79 Å². The van der Waals surface area contributed by atoms with Crippen molar-refractivity contribution in [3.63, 3.8) is 0 Å². The van der Waals surface area contributed by atoms with Gasteiger partial charge in [-0.1, -0.05) is 0 Å². The zero-order valence-corrected chi connectivity index (χ0v) is 8.79. The van der Waals surface area contributed by atoms with Crippen LogP contribution >= 0.6 is 11.3 Å². The molecule has 0 radical (unpaired) electrons. The second-order valence-electron chi connectivity index (χ2n) is 3.09. The number of thiazole rings is 1. The summed E-state index contributed by atoms with van der Waals surface area (Å²) in [6.07, 6.45) is -11.0. The van der Waals surface area contributed by atoms with E-state index >= 15 is 0 Å². The van der Waals surface area contributed by atoms with Crippen LogP contribution < -0.4 is 0 Å². The lowest BCUT2D eigenvalue weighted by atomic mass is 10.0. The molecule has 0 fully saturated rings. The largest absolute Gasteiger partial charge is 0.407 e. The first kappa shape index (κ1) is 13.9. The monoisotopic (exact) mass is 277 g/mol. The summed E-state index contributed by atoms with van der Waals surface area (Å²) in [6, 6.07) is 0. The first-order valence-electron chi connectivity index (χ1n) is 4.17. The minimum absolute atomic E-state index is 0.0755. The van der Waals surface area contributed by atoms with Crippen LogP contribution in [0.25, 0.3) is 0 Å². The normalized spacial score (nSPS) is 13.1. The molecule has 1 heterocycles. The van der Waals surface area contributed by atoms with Gasteiger partial charge in [0, 0.05) is 11.6 Å². The minimum Gasteiger partial charge on any atom is -0.298 e. The number of aromatic nitrogens is 1. The topological polar surface area (TPSA) is 30.0 Å². The van der Waals surface area contributed by atoms with Crippen molar-refractivity contribution in [1.82, 2.24) is 4.98 Å². The molecule has 0 N–H and O–H groups in total. The minimum atomic E-state index is -5.63. The van der Waals surface area contributed by atoms with Crippen LogP contribution in [0.3, 0.4) is 0 Å². The molecule has 9 heteroatoms. The van der Waals surface area contributed by atoms with E-state index in [1.165, 1.54) is 11.6 Å². The second kappa shape index (κ2) is 4.63. The van der Waals surface area contributed by atoms with Crippen LogP contribution in [0.4, 0.5) is 26.3 Å². The molecule has 1 rings (SSSR count). The van der Waals surface area contributed by atoms with Crippen LogP contribution in [0.1, 0.15) is 5.01 Å². The number of rotatable bonds is 3. The highest BCUT2D eigenvalue weighted by molar-refractivity contribution is 7.09. The Balaban J connectivity index is 2.89. The van der Waals surface area contributed by atoms with Gasteiger partial charge in [0.15, 0.2) is 5.78 Å². The van der Waals surface area contributed by atoms with E-state index in [0.29, 0.717) is 0 Å². The maximum atomic E-state index is 12.1. The van der Waals surface area contributed by atoms with Crippen LogP contribution in [0.5, 0.6) is 0 Å². The van der Waals surface area contributed by atoms with E-state index in [2.05, 4.69) is 4.98 Å².